The average Bonchev–Trinajstić information content (AvgIpc) is 3.30. The van der Waals surface area contributed by atoms with E-state index < -0.39 is 0 Å². The number of H-pyrrole nitrogens is 1. The molecule has 0 bridgehead atoms. The average molecular weight is 340 g/mol. The second-order valence-electron chi connectivity index (χ2n) is 6.99. The van der Waals surface area contributed by atoms with Gasteiger partial charge in [0.15, 0.2) is 5.69 Å². The molecule has 2 fully saturated rings. The first kappa shape index (κ1) is 16.3. The maximum Gasteiger partial charge on any atom is 0.275 e. The Morgan fingerprint density at radius 1 is 1.16 bits per heavy atom. The number of aromatic nitrogens is 2. The molecule has 6 nitrogen and oxygen atoms in total. The number of rotatable bonds is 3. The summed E-state index contributed by atoms with van der Waals surface area (Å²) in [4.78, 5) is 29.7. The van der Waals surface area contributed by atoms with E-state index in [1.54, 1.807) is 6.07 Å². The first-order chi connectivity index (χ1) is 12.2. The lowest BCUT2D eigenvalue weighted by Crippen LogP contribution is -2.48. The zero-order valence-corrected chi connectivity index (χ0v) is 14.6. The van der Waals surface area contributed by atoms with E-state index in [0.29, 0.717) is 22.5 Å². The van der Waals surface area contributed by atoms with Gasteiger partial charge in [-0.15, -0.1) is 0 Å². The van der Waals surface area contributed by atoms with Crippen molar-refractivity contribution in [3.8, 4) is 0 Å². The number of aromatic amines is 1. The molecule has 2 aliphatic heterocycles. The van der Waals surface area contributed by atoms with Gasteiger partial charge >= 0.3 is 0 Å². The lowest BCUT2D eigenvalue weighted by molar-refractivity contribution is 0.0645. The van der Waals surface area contributed by atoms with Gasteiger partial charge in [-0.2, -0.15) is 5.10 Å². The minimum absolute atomic E-state index is 0.0575. The molecular weight excluding hydrogens is 316 g/mol. The van der Waals surface area contributed by atoms with E-state index in [9.17, 15) is 9.59 Å². The van der Waals surface area contributed by atoms with Gasteiger partial charge < -0.3 is 4.90 Å². The monoisotopic (exact) mass is 340 g/mol. The topological polar surface area (TPSA) is 69.3 Å². The predicted molar refractivity (Wildman–Crippen MR) is 96.7 cm³/mol. The van der Waals surface area contributed by atoms with Crippen LogP contribution in [0.4, 0.5) is 0 Å². The van der Waals surface area contributed by atoms with E-state index in [4.69, 9.17) is 0 Å². The molecular formula is C19H24N4O2. The number of nitrogens with one attached hydrogen (secondary N) is 1. The van der Waals surface area contributed by atoms with Crippen molar-refractivity contribution < 1.29 is 4.79 Å². The van der Waals surface area contributed by atoms with Crippen LogP contribution in [-0.2, 0) is 0 Å². The molecule has 1 aromatic carbocycles. The minimum atomic E-state index is -0.252. The van der Waals surface area contributed by atoms with Crippen LogP contribution in [0.1, 0.15) is 43.1 Å². The summed E-state index contributed by atoms with van der Waals surface area (Å²) >= 11 is 0. The number of hydrogen-bond acceptors (Lipinski definition) is 4. The maximum absolute atomic E-state index is 13.3. The van der Waals surface area contributed by atoms with Crippen molar-refractivity contribution in [2.24, 2.45) is 0 Å². The highest BCUT2D eigenvalue weighted by Gasteiger charge is 2.40. The van der Waals surface area contributed by atoms with Crippen molar-refractivity contribution in [1.29, 1.82) is 0 Å². The highest BCUT2D eigenvalue weighted by atomic mass is 16.2. The molecule has 6 heteroatoms. The molecule has 4 rings (SSSR count). The van der Waals surface area contributed by atoms with Crippen LogP contribution in [-0.4, -0.2) is 57.6 Å². The smallest absolute Gasteiger partial charge is 0.275 e. The summed E-state index contributed by atoms with van der Waals surface area (Å²) in [6.45, 7) is 5.12. The Hall–Kier alpha value is -2.21. The van der Waals surface area contributed by atoms with E-state index in [1.807, 2.05) is 23.1 Å². The predicted octanol–water partition coefficient (Wildman–Crippen LogP) is 2.01. The fourth-order valence-electron chi connectivity index (χ4n) is 4.54. The number of likely N-dealkylation sites (N-methyl/N-ethyl adjacent to an activating group) is 1. The molecule has 1 aromatic heterocycles. The van der Waals surface area contributed by atoms with Crippen LogP contribution in [0.2, 0.25) is 0 Å². The summed E-state index contributed by atoms with van der Waals surface area (Å²) in [7, 11) is 0. The lowest BCUT2D eigenvalue weighted by Gasteiger charge is -2.34. The van der Waals surface area contributed by atoms with Gasteiger partial charge in [0.2, 0.25) is 0 Å². The number of nitrogens with zero attached hydrogens (tertiary/aromatic N) is 3. The number of fused-ring (bicyclic) bond motifs is 1. The Kier molecular flexibility index (Phi) is 4.29. The van der Waals surface area contributed by atoms with Crippen molar-refractivity contribution in [2.75, 3.05) is 19.6 Å². The Labute approximate surface area is 146 Å². The molecule has 2 aliphatic rings. The second-order valence-corrected chi connectivity index (χ2v) is 6.99. The van der Waals surface area contributed by atoms with Crippen LogP contribution in [0, 0.1) is 0 Å². The highest BCUT2D eigenvalue weighted by Crippen LogP contribution is 2.31. The van der Waals surface area contributed by atoms with Crippen LogP contribution >= 0.6 is 0 Å². The largest absolute Gasteiger partial charge is 0.333 e. The second kappa shape index (κ2) is 6.59. The molecule has 3 heterocycles. The van der Waals surface area contributed by atoms with Gasteiger partial charge in [0.1, 0.15) is 0 Å². The molecule has 1 amide bonds. The van der Waals surface area contributed by atoms with Crippen LogP contribution < -0.4 is 5.56 Å². The van der Waals surface area contributed by atoms with Crippen LogP contribution in [0.3, 0.4) is 0 Å². The molecule has 25 heavy (non-hydrogen) atoms. The van der Waals surface area contributed by atoms with Gasteiger partial charge in [-0.3, -0.25) is 14.5 Å². The zero-order chi connectivity index (χ0) is 17.4. The summed E-state index contributed by atoms with van der Waals surface area (Å²) in [6.07, 6.45) is 4.44. The molecule has 2 unspecified atom stereocenters. The number of carbonyl (C=O) groups excluding carboxylic acids is 1. The normalized spacial score (nSPS) is 24.3. The van der Waals surface area contributed by atoms with Gasteiger partial charge in [0.25, 0.3) is 11.5 Å². The number of likely N-dealkylation sites (tertiary alicyclic amines) is 2. The van der Waals surface area contributed by atoms with Crippen molar-refractivity contribution in [3.63, 3.8) is 0 Å². The number of carbonyl (C=O) groups is 1. The van der Waals surface area contributed by atoms with Crippen molar-refractivity contribution in [2.45, 2.75) is 44.7 Å². The van der Waals surface area contributed by atoms with E-state index in [1.165, 1.54) is 6.42 Å². The van der Waals surface area contributed by atoms with E-state index in [-0.39, 0.29) is 17.5 Å². The van der Waals surface area contributed by atoms with Crippen LogP contribution in [0.5, 0.6) is 0 Å². The fraction of sp³-hybridized carbons (Fsp3) is 0.526. The molecule has 2 aromatic rings. The Morgan fingerprint density at radius 2 is 1.88 bits per heavy atom. The molecule has 0 spiro atoms. The summed E-state index contributed by atoms with van der Waals surface area (Å²) in [5.41, 5.74) is 0.112. The highest BCUT2D eigenvalue weighted by molar-refractivity contribution is 6.04. The van der Waals surface area contributed by atoms with Crippen molar-refractivity contribution in [1.82, 2.24) is 20.0 Å². The zero-order valence-electron chi connectivity index (χ0n) is 14.6. The SMILES string of the molecule is CCN1CCCC1C1CCCN1C(=O)c1n[nH]c(=O)c2ccccc12. The molecule has 0 aliphatic carbocycles. The van der Waals surface area contributed by atoms with Crippen LogP contribution in [0.25, 0.3) is 10.8 Å². The summed E-state index contributed by atoms with van der Waals surface area (Å²) < 4.78 is 0. The standard InChI is InChI=1S/C19H24N4O2/c1-2-22-11-5-9-15(22)16-10-6-12-23(16)19(25)17-13-7-3-4-8-14(13)18(24)21-20-17/h3-4,7-8,15-16H,2,5-6,9-12H2,1H3,(H,21,24). The summed E-state index contributed by atoms with van der Waals surface area (Å²) in [6, 6.07) is 7.90. The summed E-state index contributed by atoms with van der Waals surface area (Å²) in [5, 5.41) is 7.76. The molecule has 0 saturated carbocycles. The number of amides is 1. The first-order valence-corrected chi connectivity index (χ1v) is 9.23. The van der Waals surface area contributed by atoms with Crippen molar-refractivity contribution in [3.05, 3.63) is 40.3 Å². The Bertz CT molecular complexity index is 847. The van der Waals surface area contributed by atoms with Gasteiger partial charge in [0.05, 0.1) is 5.39 Å². The summed E-state index contributed by atoms with van der Waals surface area (Å²) in [5.74, 6) is -0.0575. The molecule has 132 valence electrons. The van der Waals surface area contributed by atoms with E-state index in [2.05, 4.69) is 22.0 Å². The first-order valence-electron chi connectivity index (χ1n) is 9.23. The number of hydrogen-bond donors (Lipinski definition) is 1. The van der Waals surface area contributed by atoms with Crippen LogP contribution in [0.15, 0.2) is 29.1 Å². The third-order valence-electron chi connectivity index (χ3n) is 5.72. The lowest BCUT2D eigenvalue weighted by atomic mass is 10.0. The van der Waals surface area contributed by atoms with E-state index in [0.717, 1.165) is 38.9 Å². The van der Waals surface area contributed by atoms with E-state index >= 15 is 0 Å². The Balaban J connectivity index is 1.69. The molecule has 0 radical (unpaired) electrons. The molecule has 2 atom stereocenters. The molecule has 1 N–H and O–H groups in total. The van der Waals surface area contributed by atoms with Gasteiger partial charge in [-0.05, 0) is 44.8 Å². The maximum atomic E-state index is 13.3. The van der Waals surface area contributed by atoms with Gasteiger partial charge in [-0.1, -0.05) is 25.1 Å². The van der Waals surface area contributed by atoms with Gasteiger partial charge in [-0.25, -0.2) is 5.10 Å². The number of benzene rings is 1. The minimum Gasteiger partial charge on any atom is -0.333 e. The quantitative estimate of drug-likeness (QED) is 0.928. The third-order valence-corrected chi connectivity index (χ3v) is 5.72. The van der Waals surface area contributed by atoms with Gasteiger partial charge in [0, 0.05) is 24.0 Å². The third kappa shape index (κ3) is 2.74. The fourth-order valence-corrected chi connectivity index (χ4v) is 4.54. The molecule has 2 saturated heterocycles. The Morgan fingerprint density at radius 3 is 2.68 bits per heavy atom. The van der Waals surface area contributed by atoms with Crippen molar-refractivity contribution >= 4 is 16.7 Å².